The third kappa shape index (κ3) is 4.32. The van der Waals surface area contributed by atoms with Crippen LogP contribution in [0.3, 0.4) is 0 Å². The smallest absolute Gasteiger partial charge is 0.0297 e. The molecule has 0 heterocycles. The predicted octanol–water partition coefficient (Wildman–Crippen LogP) is 2.14. The minimum atomic E-state index is 0.367. The van der Waals surface area contributed by atoms with Gasteiger partial charge in [0.25, 0.3) is 0 Å². The maximum Gasteiger partial charge on any atom is 0.0297 e. The second-order valence-electron chi connectivity index (χ2n) is 0.556. The molecule has 0 fully saturated rings. The SMILES string of the molecule is [CH2]/C(Cl)=C/Cl. The van der Waals surface area contributed by atoms with Gasteiger partial charge in [0.05, 0.1) is 0 Å². The van der Waals surface area contributed by atoms with Gasteiger partial charge in [-0.15, -0.1) is 0 Å². The molecule has 29 valence electrons. The van der Waals surface area contributed by atoms with Crippen molar-refractivity contribution in [3.05, 3.63) is 17.5 Å². The number of hydrogen-bond acceptors (Lipinski definition) is 0. The van der Waals surface area contributed by atoms with E-state index in [-0.39, 0.29) is 0 Å². The molecule has 0 nitrogen and oxygen atoms in total. The molecule has 0 spiro atoms. The number of halogens is 2. The molecule has 0 unspecified atom stereocenters. The molecule has 0 aromatic heterocycles. The molecule has 1 radical (unpaired) electrons. The molecule has 2 heteroatoms. The zero-order valence-corrected chi connectivity index (χ0v) is 4.05. The first-order valence-corrected chi connectivity index (χ1v) is 1.86. The molecule has 0 aliphatic rings. The summed E-state index contributed by atoms with van der Waals surface area (Å²) in [6, 6.07) is 0. The van der Waals surface area contributed by atoms with Crippen LogP contribution in [-0.2, 0) is 0 Å². The van der Waals surface area contributed by atoms with E-state index in [4.69, 9.17) is 23.2 Å². The van der Waals surface area contributed by atoms with Crippen molar-refractivity contribution in [3.63, 3.8) is 0 Å². The van der Waals surface area contributed by atoms with Crippen LogP contribution in [0.2, 0.25) is 0 Å². The van der Waals surface area contributed by atoms with E-state index in [9.17, 15) is 0 Å². The molecule has 0 atom stereocenters. The minimum Gasteiger partial charge on any atom is -0.0917 e. The molecule has 0 aliphatic heterocycles. The maximum atomic E-state index is 5.08. The van der Waals surface area contributed by atoms with Crippen LogP contribution in [0.4, 0.5) is 0 Å². The van der Waals surface area contributed by atoms with Crippen LogP contribution in [-0.4, -0.2) is 0 Å². The van der Waals surface area contributed by atoms with Gasteiger partial charge in [0.2, 0.25) is 0 Å². The van der Waals surface area contributed by atoms with Crippen molar-refractivity contribution < 1.29 is 0 Å². The first-order chi connectivity index (χ1) is 2.27. The quantitative estimate of drug-likeness (QED) is 0.448. The van der Waals surface area contributed by atoms with Gasteiger partial charge in [-0.2, -0.15) is 0 Å². The summed E-state index contributed by atoms with van der Waals surface area (Å²) in [4.78, 5) is 0. The Hall–Kier alpha value is 0.320. The van der Waals surface area contributed by atoms with E-state index in [2.05, 4.69) is 6.92 Å². The summed E-state index contributed by atoms with van der Waals surface area (Å²) in [5.74, 6) is 0. The Bertz CT molecular complexity index is 42.9. The molecule has 0 N–H and O–H groups in total. The van der Waals surface area contributed by atoms with Crippen molar-refractivity contribution in [1.82, 2.24) is 0 Å². The molecule has 0 saturated carbocycles. The Morgan fingerprint density at radius 2 is 2.00 bits per heavy atom. The van der Waals surface area contributed by atoms with Crippen molar-refractivity contribution in [2.75, 3.05) is 0 Å². The molecule has 0 rings (SSSR count). The lowest BCUT2D eigenvalue weighted by Gasteiger charge is -1.67. The van der Waals surface area contributed by atoms with Crippen LogP contribution in [0.5, 0.6) is 0 Å². The lowest BCUT2D eigenvalue weighted by atomic mass is 10.8. The van der Waals surface area contributed by atoms with E-state index in [1.54, 1.807) is 0 Å². The van der Waals surface area contributed by atoms with E-state index >= 15 is 0 Å². The molecule has 5 heavy (non-hydrogen) atoms. The summed E-state index contributed by atoms with van der Waals surface area (Å²) in [5.41, 5.74) is 1.21. The molecule has 0 aliphatic carbocycles. The highest BCUT2D eigenvalue weighted by Crippen LogP contribution is 1.96. The molecule has 0 amide bonds. The Kier molecular flexibility index (Phi) is 2.71. The van der Waals surface area contributed by atoms with E-state index in [0.29, 0.717) is 5.03 Å². The topological polar surface area (TPSA) is 0 Å². The summed E-state index contributed by atoms with van der Waals surface area (Å²) in [5, 5.41) is 0.367. The zero-order chi connectivity index (χ0) is 4.28. The summed E-state index contributed by atoms with van der Waals surface area (Å²) in [6.45, 7) is 3.25. The van der Waals surface area contributed by atoms with Crippen molar-refractivity contribution in [1.29, 1.82) is 0 Å². The fourth-order valence-corrected chi connectivity index (χ4v) is 0. The molecule has 0 bridgehead atoms. The van der Waals surface area contributed by atoms with Crippen molar-refractivity contribution in [2.45, 2.75) is 0 Å². The number of allylic oxidation sites excluding steroid dienone is 1. The van der Waals surface area contributed by atoms with Gasteiger partial charge in [0.1, 0.15) is 0 Å². The monoisotopic (exact) mass is 109 g/mol. The summed E-state index contributed by atoms with van der Waals surface area (Å²) in [6.07, 6.45) is 0. The molecular formula is C3H3Cl2. The molecule has 0 aromatic carbocycles. The van der Waals surface area contributed by atoms with Gasteiger partial charge in [-0.3, -0.25) is 0 Å². The molecule has 0 aromatic rings. The van der Waals surface area contributed by atoms with Gasteiger partial charge in [-0.05, 0) is 6.92 Å². The Morgan fingerprint density at radius 3 is 2.00 bits per heavy atom. The molecular weight excluding hydrogens is 107 g/mol. The van der Waals surface area contributed by atoms with E-state index in [1.807, 2.05) is 0 Å². The van der Waals surface area contributed by atoms with Crippen LogP contribution < -0.4 is 0 Å². The first kappa shape index (κ1) is 5.32. The van der Waals surface area contributed by atoms with Crippen molar-refractivity contribution in [3.8, 4) is 0 Å². The highest BCUT2D eigenvalue weighted by Gasteiger charge is 1.66. The van der Waals surface area contributed by atoms with Crippen LogP contribution in [0, 0.1) is 6.92 Å². The highest BCUT2D eigenvalue weighted by molar-refractivity contribution is 6.36. The third-order valence-electron chi connectivity index (χ3n) is 0.118. The standard InChI is InChI=1S/C3H3Cl2/c1-3(5)2-4/h2H,1H2/b3-2-. The minimum absolute atomic E-state index is 0.367. The second-order valence-corrected chi connectivity index (χ2v) is 1.26. The van der Waals surface area contributed by atoms with Crippen molar-refractivity contribution in [2.24, 2.45) is 0 Å². The molecule has 0 saturated heterocycles. The summed E-state index contributed by atoms with van der Waals surface area (Å²) >= 11 is 10.1. The zero-order valence-electron chi connectivity index (χ0n) is 2.54. The highest BCUT2D eigenvalue weighted by atomic mass is 35.5. The van der Waals surface area contributed by atoms with E-state index in [0.717, 1.165) is 0 Å². The van der Waals surface area contributed by atoms with E-state index < -0.39 is 0 Å². The van der Waals surface area contributed by atoms with Crippen LogP contribution in [0.15, 0.2) is 10.6 Å². The van der Waals surface area contributed by atoms with Crippen LogP contribution >= 0.6 is 23.2 Å². The fourth-order valence-electron chi connectivity index (χ4n) is 0. The number of hydrogen-bond donors (Lipinski definition) is 0. The van der Waals surface area contributed by atoms with Gasteiger partial charge in [0.15, 0.2) is 0 Å². The Labute approximate surface area is 41.4 Å². The lowest BCUT2D eigenvalue weighted by molar-refractivity contribution is 2.02. The van der Waals surface area contributed by atoms with E-state index in [1.165, 1.54) is 5.54 Å². The second kappa shape index (κ2) is 2.55. The average Bonchev–Trinajstić information content (AvgIpc) is 1.38. The van der Waals surface area contributed by atoms with Crippen molar-refractivity contribution >= 4 is 23.2 Å². The van der Waals surface area contributed by atoms with Crippen LogP contribution in [0.1, 0.15) is 0 Å². The average molecular weight is 110 g/mol. The lowest BCUT2D eigenvalue weighted by Crippen LogP contribution is -1.43. The third-order valence-corrected chi connectivity index (χ3v) is 0.603. The summed E-state index contributed by atoms with van der Waals surface area (Å²) in [7, 11) is 0. The van der Waals surface area contributed by atoms with Gasteiger partial charge < -0.3 is 0 Å². The largest absolute Gasteiger partial charge is 0.0917 e. The van der Waals surface area contributed by atoms with Gasteiger partial charge in [0, 0.05) is 10.6 Å². The fraction of sp³-hybridized carbons (Fsp3) is 0. The first-order valence-electron chi connectivity index (χ1n) is 1.05. The Balaban J connectivity index is 3.14. The number of rotatable bonds is 0. The summed E-state index contributed by atoms with van der Waals surface area (Å²) < 4.78 is 0. The van der Waals surface area contributed by atoms with Gasteiger partial charge in [-0.1, -0.05) is 23.2 Å². The van der Waals surface area contributed by atoms with Gasteiger partial charge in [-0.25, -0.2) is 0 Å². The van der Waals surface area contributed by atoms with Crippen LogP contribution in [0.25, 0.3) is 0 Å². The predicted molar refractivity (Wildman–Crippen MR) is 25.1 cm³/mol. The normalized spacial score (nSPS) is 12.2. The van der Waals surface area contributed by atoms with Gasteiger partial charge >= 0.3 is 0 Å². The maximum absolute atomic E-state index is 5.08. The Morgan fingerprint density at radius 1 is 1.80 bits per heavy atom.